The smallest absolute Gasteiger partial charge is 0.387 e. The predicted octanol–water partition coefficient (Wildman–Crippen LogP) is 4.54. The summed E-state index contributed by atoms with van der Waals surface area (Å²) in [5.41, 5.74) is 0.275. The maximum absolute atomic E-state index is 12.6. The summed E-state index contributed by atoms with van der Waals surface area (Å²) in [6, 6.07) is 9.51. The molecule has 0 aliphatic heterocycles. The van der Waals surface area contributed by atoms with Crippen LogP contribution in [0.1, 0.15) is 11.5 Å². The van der Waals surface area contributed by atoms with Gasteiger partial charge in [0, 0.05) is 0 Å². The van der Waals surface area contributed by atoms with Crippen LogP contribution in [0, 0.1) is 0 Å². The van der Waals surface area contributed by atoms with Crippen LogP contribution < -0.4 is 19.8 Å². The number of ether oxygens (including phenoxy) is 3. The minimum absolute atomic E-state index is 0.0169. The summed E-state index contributed by atoms with van der Waals surface area (Å²) >= 11 is 6.26. The van der Waals surface area contributed by atoms with Gasteiger partial charge in [-0.05, 0) is 35.9 Å². The number of fused-ring (bicyclic) bond motifs is 1. The van der Waals surface area contributed by atoms with Crippen LogP contribution in [0.25, 0.3) is 22.0 Å². The van der Waals surface area contributed by atoms with Gasteiger partial charge in [-0.15, -0.1) is 0 Å². The van der Waals surface area contributed by atoms with Crippen LogP contribution in [-0.4, -0.2) is 25.8 Å². The van der Waals surface area contributed by atoms with E-state index in [4.69, 9.17) is 25.5 Å². The Hall–Kier alpha value is -3.13. The molecule has 0 bridgehead atoms. The molecule has 0 atom stereocenters. The second kappa shape index (κ2) is 8.26. The fourth-order valence-electron chi connectivity index (χ4n) is 2.52. The molecule has 0 saturated carbocycles. The van der Waals surface area contributed by atoms with Crippen molar-refractivity contribution in [3.05, 3.63) is 58.3 Å². The zero-order valence-electron chi connectivity index (χ0n) is 14.7. The van der Waals surface area contributed by atoms with Crippen molar-refractivity contribution in [1.82, 2.24) is 4.98 Å². The minimum Gasteiger partial charge on any atom is -0.493 e. The zero-order chi connectivity index (χ0) is 20.3. The van der Waals surface area contributed by atoms with Crippen LogP contribution in [0.4, 0.5) is 8.78 Å². The number of aromatic nitrogens is 1. The summed E-state index contributed by atoms with van der Waals surface area (Å²) in [7, 11) is 2.60. The van der Waals surface area contributed by atoms with Crippen molar-refractivity contribution in [3.63, 3.8) is 0 Å². The fraction of sp³-hybridized carbons (Fsp3) is 0.158. The Labute approximate surface area is 162 Å². The average Bonchev–Trinajstić information content (AvgIpc) is 2.68. The molecule has 0 radical (unpaired) electrons. The number of nitrogens with zero attached hydrogens (tertiary/aromatic N) is 1. The van der Waals surface area contributed by atoms with Crippen LogP contribution in [0.2, 0.25) is 0 Å². The standard InChI is InChI=1S/C19H14ClF2NO5/c1-25-14-8-10(9-15(26-2)16(14)27-19(21)22)7-12(20)17-23-13-6-4-3-5-11(13)18(24)28-17/h3-9,19H,1-2H3/b12-7-. The highest BCUT2D eigenvalue weighted by Crippen LogP contribution is 2.40. The van der Waals surface area contributed by atoms with Crippen LogP contribution in [-0.2, 0) is 0 Å². The second-order valence-electron chi connectivity index (χ2n) is 5.45. The molecule has 0 saturated heterocycles. The number of para-hydroxylation sites is 1. The topological polar surface area (TPSA) is 70.8 Å². The quantitative estimate of drug-likeness (QED) is 0.595. The maximum Gasteiger partial charge on any atom is 0.387 e. The number of hydrogen-bond acceptors (Lipinski definition) is 6. The Morgan fingerprint density at radius 3 is 2.43 bits per heavy atom. The second-order valence-corrected chi connectivity index (χ2v) is 5.86. The lowest BCUT2D eigenvalue weighted by atomic mass is 10.1. The summed E-state index contributed by atoms with van der Waals surface area (Å²) in [5.74, 6) is -0.300. The average molecular weight is 410 g/mol. The SMILES string of the molecule is COc1cc(/C=C(\Cl)c2nc3ccccc3c(=O)o2)cc(OC)c1OC(F)F. The summed E-state index contributed by atoms with van der Waals surface area (Å²) in [6.45, 7) is -3.05. The summed E-state index contributed by atoms with van der Waals surface area (Å²) in [4.78, 5) is 16.3. The van der Waals surface area contributed by atoms with Crippen LogP contribution >= 0.6 is 11.6 Å². The molecule has 3 rings (SSSR count). The van der Waals surface area contributed by atoms with Gasteiger partial charge in [-0.25, -0.2) is 9.78 Å². The number of halogens is 3. The molecule has 9 heteroatoms. The van der Waals surface area contributed by atoms with Gasteiger partial charge in [-0.3, -0.25) is 0 Å². The molecule has 146 valence electrons. The Bertz CT molecular complexity index is 1070. The molecule has 0 aliphatic rings. The van der Waals surface area contributed by atoms with E-state index >= 15 is 0 Å². The van der Waals surface area contributed by atoms with Gasteiger partial charge in [0.1, 0.15) is 5.03 Å². The third kappa shape index (κ3) is 4.07. The first-order chi connectivity index (χ1) is 13.4. The van der Waals surface area contributed by atoms with Crippen molar-refractivity contribution in [1.29, 1.82) is 0 Å². The van der Waals surface area contributed by atoms with E-state index in [1.165, 1.54) is 32.4 Å². The Morgan fingerprint density at radius 2 is 1.82 bits per heavy atom. The predicted molar refractivity (Wildman–Crippen MR) is 100 cm³/mol. The van der Waals surface area contributed by atoms with Gasteiger partial charge in [0.25, 0.3) is 0 Å². The third-order valence-electron chi connectivity index (χ3n) is 3.72. The first-order valence-electron chi connectivity index (χ1n) is 7.91. The first kappa shape index (κ1) is 19.6. The lowest BCUT2D eigenvalue weighted by molar-refractivity contribution is -0.0526. The van der Waals surface area contributed by atoms with E-state index in [0.717, 1.165) is 0 Å². The summed E-state index contributed by atoms with van der Waals surface area (Å²) < 4.78 is 45.1. The van der Waals surface area contributed by atoms with Crippen LogP contribution in [0.3, 0.4) is 0 Å². The highest BCUT2D eigenvalue weighted by atomic mass is 35.5. The lowest BCUT2D eigenvalue weighted by Gasteiger charge is -2.14. The third-order valence-corrected chi connectivity index (χ3v) is 3.99. The van der Waals surface area contributed by atoms with Gasteiger partial charge in [0.2, 0.25) is 11.6 Å². The molecule has 0 fully saturated rings. The van der Waals surface area contributed by atoms with Gasteiger partial charge in [-0.1, -0.05) is 23.7 Å². The van der Waals surface area contributed by atoms with E-state index < -0.39 is 12.2 Å². The molecule has 0 spiro atoms. The van der Waals surface area contributed by atoms with Crippen molar-refractivity contribution in [2.75, 3.05) is 14.2 Å². The van der Waals surface area contributed by atoms with E-state index in [1.54, 1.807) is 24.3 Å². The van der Waals surface area contributed by atoms with E-state index in [2.05, 4.69) is 9.72 Å². The van der Waals surface area contributed by atoms with E-state index in [-0.39, 0.29) is 28.2 Å². The first-order valence-corrected chi connectivity index (χ1v) is 8.29. The lowest BCUT2D eigenvalue weighted by Crippen LogP contribution is -2.05. The Morgan fingerprint density at radius 1 is 1.18 bits per heavy atom. The van der Waals surface area contributed by atoms with Gasteiger partial charge < -0.3 is 18.6 Å². The highest BCUT2D eigenvalue weighted by Gasteiger charge is 2.18. The molecule has 1 aromatic heterocycles. The van der Waals surface area contributed by atoms with Gasteiger partial charge >= 0.3 is 12.2 Å². The Balaban J connectivity index is 2.06. The van der Waals surface area contributed by atoms with Crippen LogP contribution in [0.15, 0.2) is 45.6 Å². The number of rotatable bonds is 6. The zero-order valence-corrected chi connectivity index (χ0v) is 15.5. The largest absolute Gasteiger partial charge is 0.493 e. The van der Waals surface area contributed by atoms with Crippen molar-refractivity contribution in [3.8, 4) is 17.2 Å². The monoisotopic (exact) mass is 409 g/mol. The number of benzene rings is 2. The van der Waals surface area contributed by atoms with Gasteiger partial charge in [-0.2, -0.15) is 8.78 Å². The molecule has 0 aliphatic carbocycles. The summed E-state index contributed by atoms with van der Waals surface area (Å²) in [5, 5.41) is 0.349. The van der Waals surface area contributed by atoms with Crippen molar-refractivity contribution >= 4 is 33.6 Å². The summed E-state index contributed by atoms with van der Waals surface area (Å²) in [6.07, 6.45) is 1.43. The molecular formula is C19H14ClF2NO5. The molecule has 0 N–H and O–H groups in total. The Kier molecular flexibility index (Phi) is 5.79. The number of alkyl halides is 2. The molecule has 28 heavy (non-hydrogen) atoms. The number of hydrogen-bond donors (Lipinski definition) is 0. The maximum atomic E-state index is 12.6. The fourth-order valence-corrected chi connectivity index (χ4v) is 2.72. The molecule has 6 nitrogen and oxygen atoms in total. The van der Waals surface area contributed by atoms with Crippen molar-refractivity contribution in [2.45, 2.75) is 6.61 Å². The van der Waals surface area contributed by atoms with E-state index in [9.17, 15) is 13.6 Å². The molecule has 3 aromatic rings. The van der Waals surface area contributed by atoms with Gasteiger partial charge in [0.05, 0.1) is 25.1 Å². The van der Waals surface area contributed by atoms with Crippen molar-refractivity contribution < 1.29 is 27.4 Å². The molecule has 1 heterocycles. The molecule has 0 amide bonds. The highest BCUT2D eigenvalue weighted by molar-refractivity contribution is 6.50. The van der Waals surface area contributed by atoms with E-state index in [1.807, 2.05) is 0 Å². The molecular weight excluding hydrogens is 396 g/mol. The minimum atomic E-state index is -3.05. The van der Waals surface area contributed by atoms with Gasteiger partial charge in [0.15, 0.2) is 11.5 Å². The normalized spacial score (nSPS) is 11.7. The van der Waals surface area contributed by atoms with Crippen molar-refractivity contribution in [2.24, 2.45) is 0 Å². The number of methoxy groups -OCH3 is 2. The molecule has 0 unspecified atom stereocenters. The van der Waals surface area contributed by atoms with E-state index in [0.29, 0.717) is 16.5 Å². The molecule has 2 aromatic carbocycles. The van der Waals surface area contributed by atoms with Crippen LogP contribution in [0.5, 0.6) is 17.2 Å².